The Morgan fingerprint density at radius 1 is 1.42 bits per heavy atom. The highest BCUT2D eigenvalue weighted by Gasteiger charge is 2.28. The van der Waals surface area contributed by atoms with E-state index in [0.717, 1.165) is 4.90 Å². The van der Waals surface area contributed by atoms with Crippen molar-refractivity contribution in [3.63, 3.8) is 0 Å². The number of nitrogens with zero attached hydrogens (tertiary/aromatic N) is 1. The lowest BCUT2D eigenvalue weighted by Crippen LogP contribution is -2.33. The fourth-order valence-electron chi connectivity index (χ4n) is 1.44. The van der Waals surface area contributed by atoms with Gasteiger partial charge in [0.05, 0.1) is 6.54 Å². The molecule has 1 aromatic carbocycles. The van der Waals surface area contributed by atoms with Gasteiger partial charge in [-0.05, 0) is 19.2 Å². The molecule has 3 nitrogen and oxygen atoms in total. The van der Waals surface area contributed by atoms with E-state index < -0.39 is 12.7 Å². The molecule has 0 radical (unpaired) electrons. The molecule has 106 valence electrons. The van der Waals surface area contributed by atoms with E-state index in [-0.39, 0.29) is 18.1 Å². The lowest BCUT2D eigenvalue weighted by atomic mass is 10.2. The summed E-state index contributed by atoms with van der Waals surface area (Å²) in [6, 6.07) is 6.83. The van der Waals surface area contributed by atoms with Crippen LogP contribution in [0.1, 0.15) is 5.56 Å². The maximum absolute atomic E-state index is 12.1. The van der Waals surface area contributed by atoms with Crippen LogP contribution in [0.15, 0.2) is 24.3 Å². The van der Waals surface area contributed by atoms with Gasteiger partial charge in [0.1, 0.15) is 17.3 Å². The average Bonchev–Trinajstić information content (AvgIpc) is 2.27. The van der Waals surface area contributed by atoms with Gasteiger partial charge in [-0.25, -0.2) is 0 Å². The van der Waals surface area contributed by atoms with E-state index in [1.807, 2.05) is 0 Å². The second-order valence-corrected chi connectivity index (χ2v) is 4.53. The molecule has 0 aliphatic carbocycles. The second kappa shape index (κ2) is 6.72. The molecule has 0 heterocycles. The van der Waals surface area contributed by atoms with Gasteiger partial charge in [0.25, 0.3) is 0 Å². The van der Waals surface area contributed by atoms with Crippen molar-refractivity contribution in [3.8, 4) is 5.75 Å². The third-order valence-electron chi connectivity index (χ3n) is 2.31. The van der Waals surface area contributed by atoms with Crippen LogP contribution < -0.4 is 10.5 Å². The third-order valence-corrected chi connectivity index (χ3v) is 2.55. The number of nitrogens with two attached hydrogens (primary N) is 1. The zero-order chi connectivity index (χ0) is 14.5. The van der Waals surface area contributed by atoms with Crippen LogP contribution in [0.4, 0.5) is 13.2 Å². The van der Waals surface area contributed by atoms with Crippen LogP contribution in [0.3, 0.4) is 0 Å². The molecule has 0 aliphatic rings. The molecule has 0 aromatic heterocycles. The van der Waals surface area contributed by atoms with E-state index in [1.165, 1.54) is 7.05 Å². The van der Waals surface area contributed by atoms with Crippen molar-refractivity contribution >= 4 is 17.2 Å². The summed E-state index contributed by atoms with van der Waals surface area (Å²) in [5.41, 5.74) is 6.13. The highest BCUT2D eigenvalue weighted by atomic mass is 32.1. The third kappa shape index (κ3) is 6.40. The monoisotopic (exact) mass is 292 g/mol. The fourth-order valence-corrected chi connectivity index (χ4v) is 1.57. The van der Waals surface area contributed by atoms with Gasteiger partial charge < -0.3 is 10.5 Å². The summed E-state index contributed by atoms with van der Waals surface area (Å²) < 4.78 is 41.6. The first-order valence-electron chi connectivity index (χ1n) is 5.56. The molecule has 0 atom stereocenters. The van der Waals surface area contributed by atoms with Crippen LogP contribution in [-0.4, -0.2) is 42.8 Å². The first kappa shape index (κ1) is 15.7. The van der Waals surface area contributed by atoms with Gasteiger partial charge in [-0.2, -0.15) is 13.2 Å². The minimum Gasteiger partial charge on any atom is -0.492 e. The van der Waals surface area contributed by atoms with E-state index >= 15 is 0 Å². The van der Waals surface area contributed by atoms with Gasteiger partial charge >= 0.3 is 6.18 Å². The van der Waals surface area contributed by atoms with Crippen molar-refractivity contribution in [1.82, 2.24) is 4.90 Å². The molecule has 1 aromatic rings. The number of rotatable bonds is 6. The van der Waals surface area contributed by atoms with Crippen molar-refractivity contribution in [1.29, 1.82) is 0 Å². The number of hydrogen-bond acceptors (Lipinski definition) is 3. The molecule has 0 aliphatic heterocycles. The normalized spacial score (nSPS) is 11.6. The number of benzene rings is 1. The van der Waals surface area contributed by atoms with Crippen molar-refractivity contribution < 1.29 is 17.9 Å². The van der Waals surface area contributed by atoms with E-state index in [1.54, 1.807) is 24.3 Å². The highest BCUT2D eigenvalue weighted by molar-refractivity contribution is 7.80. The lowest BCUT2D eigenvalue weighted by molar-refractivity contribution is -0.143. The zero-order valence-electron chi connectivity index (χ0n) is 10.4. The van der Waals surface area contributed by atoms with Crippen LogP contribution in [0, 0.1) is 0 Å². The quantitative estimate of drug-likeness (QED) is 0.816. The number of halogens is 3. The van der Waals surface area contributed by atoms with Gasteiger partial charge in [-0.3, -0.25) is 4.90 Å². The summed E-state index contributed by atoms with van der Waals surface area (Å²) in [6.07, 6.45) is -4.19. The van der Waals surface area contributed by atoms with Gasteiger partial charge in [0.2, 0.25) is 0 Å². The van der Waals surface area contributed by atoms with Gasteiger partial charge in [0, 0.05) is 12.1 Å². The topological polar surface area (TPSA) is 38.5 Å². The predicted molar refractivity (Wildman–Crippen MR) is 71.4 cm³/mol. The molecule has 0 fully saturated rings. The molecule has 0 saturated heterocycles. The number of alkyl halides is 3. The van der Waals surface area contributed by atoms with Crippen molar-refractivity contribution in [3.05, 3.63) is 29.8 Å². The molecule has 19 heavy (non-hydrogen) atoms. The molecule has 0 unspecified atom stereocenters. The maximum atomic E-state index is 12.1. The molecule has 1 rings (SSSR count). The molecule has 2 N–H and O–H groups in total. The minimum absolute atomic E-state index is 0.160. The summed E-state index contributed by atoms with van der Waals surface area (Å²) in [5.74, 6) is 0.533. The number of thiocarbonyl (C=S) groups is 1. The van der Waals surface area contributed by atoms with Crippen LogP contribution in [0.25, 0.3) is 0 Å². The Morgan fingerprint density at radius 2 is 2.11 bits per heavy atom. The summed E-state index contributed by atoms with van der Waals surface area (Å²) in [5, 5.41) is 0. The molecule has 0 saturated carbocycles. The van der Waals surface area contributed by atoms with Crippen LogP contribution in [0.5, 0.6) is 5.75 Å². The summed E-state index contributed by atoms with van der Waals surface area (Å²) >= 11 is 4.82. The Hall–Kier alpha value is -1.34. The van der Waals surface area contributed by atoms with Crippen molar-refractivity contribution in [2.75, 3.05) is 26.7 Å². The molecule has 0 spiro atoms. The molecular formula is C12H15F3N2OS. The largest absolute Gasteiger partial charge is 0.492 e. The zero-order valence-corrected chi connectivity index (χ0v) is 11.2. The molecular weight excluding hydrogens is 277 g/mol. The Morgan fingerprint density at radius 3 is 2.68 bits per heavy atom. The van der Waals surface area contributed by atoms with Crippen molar-refractivity contribution in [2.45, 2.75) is 6.18 Å². The van der Waals surface area contributed by atoms with Crippen LogP contribution in [-0.2, 0) is 0 Å². The maximum Gasteiger partial charge on any atom is 0.401 e. The summed E-state index contributed by atoms with van der Waals surface area (Å²) in [4.78, 5) is 1.40. The van der Waals surface area contributed by atoms with Crippen LogP contribution in [0.2, 0.25) is 0 Å². The SMILES string of the molecule is CN(CCOc1cccc(C(N)=S)c1)CC(F)(F)F. The van der Waals surface area contributed by atoms with Gasteiger partial charge in [0.15, 0.2) is 0 Å². The number of likely N-dealkylation sites (N-methyl/N-ethyl adjacent to an activating group) is 1. The van der Waals surface area contributed by atoms with E-state index in [2.05, 4.69) is 0 Å². The predicted octanol–water partition coefficient (Wildman–Crippen LogP) is 2.19. The molecule has 7 heteroatoms. The number of ether oxygens (including phenoxy) is 1. The second-order valence-electron chi connectivity index (χ2n) is 4.09. The van der Waals surface area contributed by atoms with E-state index in [0.29, 0.717) is 11.3 Å². The van der Waals surface area contributed by atoms with Crippen LogP contribution >= 0.6 is 12.2 Å². The molecule has 0 bridgehead atoms. The van der Waals surface area contributed by atoms with Gasteiger partial charge in [-0.1, -0.05) is 24.4 Å². The Kier molecular flexibility index (Phi) is 5.56. The van der Waals surface area contributed by atoms with Gasteiger partial charge in [-0.15, -0.1) is 0 Å². The van der Waals surface area contributed by atoms with Crippen molar-refractivity contribution in [2.24, 2.45) is 5.73 Å². The standard InChI is InChI=1S/C12H15F3N2OS/c1-17(8-12(13,14)15)5-6-18-10-4-2-3-9(7-10)11(16)19/h2-4,7H,5-6,8H2,1H3,(H2,16,19). The first-order chi connectivity index (χ1) is 8.78. The summed E-state index contributed by atoms with van der Waals surface area (Å²) in [7, 11) is 1.39. The smallest absolute Gasteiger partial charge is 0.401 e. The number of hydrogen-bond donors (Lipinski definition) is 1. The fraction of sp³-hybridized carbons (Fsp3) is 0.417. The van der Waals surface area contributed by atoms with E-state index in [4.69, 9.17) is 22.7 Å². The Labute approximate surface area is 115 Å². The average molecular weight is 292 g/mol. The minimum atomic E-state index is -4.19. The highest BCUT2D eigenvalue weighted by Crippen LogP contribution is 2.16. The summed E-state index contributed by atoms with van der Waals surface area (Å²) in [6.45, 7) is -0.618. The lowest BCUT2D eigenvalue weighted by Gasteiger charge is -2.18. The Bertz CT molecular complexity index is 437. The Balaban J connectivity index is 2.41. The first-order valence-corrected chi connectivity index (χ1v) is 5.97. The van der Waals surface area contributed by atoms with E-state index in [9.17, 15) is 13.2 Å². The molecule has 0 amide bonds.